The molecule has 0 aliphatic heterocycles. The smallest absolute Gasteiger partial charge is 0.242 e. The molecule has 0 spiro atoms. The molecule has 0 bridgehead atoms. The normalized spacial score (nSPS) is 11.6. The number of carbonyl (C=O) groups is 2. The fourth-order valence-corrected chi connectivity index (χ4v) is 3.13. The number of guanidine groups is 1. The molecule has 0 heterocycles. The topological polar surface area (TPSA) is 120 Å². The van der Waals surface area contributed by atoms with Crippen molar-refractivity contribution in [1.82, 2.24) is 16.0 Å². The lowest BCUT2D eigenvalue weighted by Gasteiger charge is -2.18. The quantitative estimate of drug-likeness (QED) is 0.139. The average Bonchev–Trinajstić information content (AvgIpc) is 2.65. The van der Waals surface area contributed by atoms with Gasteiger partial charge in [-0.05, 0) is 32.6 Å². The number of carbonyl (C=O) groups excluding carboxylic acids is 2. The van der Waals surface area contributed by atoms with Crippen molar-refractivity contribution in [2.45, 2.75) is 103 Å². The Hall–Kier alpha value is -1.79. The van der Waals surface area contributed by atoms with Gasteiger partial charge in [-0.1, -0.05) is 58.3 Å². The zero-order valence-electron chi connectivity index (χ0n) is 18.1. The van der Waals surface area contributed by atoms with Crippen LogP contribution in [0.5, 0.6) is 0 Å². The highest BCUT2D eigenvalue weighted by Crippen LogP contribution is 2.10. The van der Waals surface area contributed by atoms with Gasteiger partial charge in [0.25, 0.3) is 0 Å². The van der Waals surface area contributed by atoms with E-state index in [9.17, 15) is 9.59 Å². The maximum absolute atomic E-state index is 12.2. The van der Waals surface area contributed by atoms with Crippen LogP contribution in [-0.2, 0) is 9.59 Å². The molecule has 0 aliphatic carbocycles. The number of amides is 2. The van der Waals surface area contributed by atoms with Gasteiger partial charge in [0.2, 0.25) is 11.8 Å². The lowest BCUT2D eigenvalue weighted by atomic mass is 10.1. The van der Waals surface area contributed by atoms with E-state index in [2.05, 4.69) is 22.9 Å². The fourth-order valence-electron chi connectivity index (χ4n) is 3.13. The van der Waals surface area contributed by atoms with E-state index < -0.39 is 6.04 Å². The summed E-state index contributed by atoms with van der Waals surface area (Å²) >= 11 is 0. The molecular weight excluding hydrogens is 354 g/mol. The van der Waals surface area contributed by atoms with Gasteiger partial charge in [0.1, 0.15) is 6.04 Å². The number of nitrogens with one attached hydrogen (secondary N) is 4. The van der Waals surface area contributed by atoms with E-state index in [-0.39, 0.29) is 17.8 Å². The lowest BCUT2D eigenvalue weighted by molar-refractivity contribution is -0.129. The molecule has 0 aromatic carbocycles. The second-order valence-electron chi connectivity index (χ2n) is 7.43. The third kappa shape index (κ3) is 16.4. The Morgan fingerprint density at radius 3 is 2.04 bits per heavy atom. The zero-order chi connectivity index (χ0) is 21.0. The monoisotopic (exact) mass is 397 g/mol. The van der Waals surface area contributed by atoms with E-state index in [1.165, 1.54) is 44.9 Å². The lowest BCUT2D eigenvalue weighted by Crippen LogP contribution is -2.46. The summed E-state index contributed by atoms with van der Waals surface area (Å²) in [6.45, 7) is 5.25. The van der Waals surface area contributed by atoms with Crippen LogP contribution >= 0.6 is 0 Å². The molecule has 7 nitrogen and oxygen atoms in total. The van der Waals surface area contributed by atoms with Crippen LogP contribution in [0.2, 0.25) is 0 Å². The van der Waals surface area contributed by atoms with Gasteiger partial charge >= 0.3 is 0 Å². The molecule has 1 atom stereocenters. The Morgan fingerprint density at radius 2 is 1.46 bits per heavy atom. The fraction of sp³-hybridized carbons (Fsp3) is 0.857. The Bertz CT molecular complexity index is 429. The SMILES string of the molecule is CCCCCCCCCCCC(=O)NC(CCCCNC(=N)N)C(=O)NCC. The molecule has 0 rings (SSSR count). The number of rotatable bonds is 18. The minimum atomic E-state index is -0.483. The summed E-state index contributed by atoms with van der Waals surface area (Å²) in [4.78, 5) is 24.4. The van der Waals surface area contributed by atoms with E-state index >= 15 is 0 Å². The average molecular weight is 398 g/mol. The number of hydrogen-bond acceptors (Lipinski definition) is 3. The van der Waals surface area contributed by atoms with Crippen LogP contribution in [0.4, 0.5) is 0 Å². The van der Waals surface area contributed by atoms with Crippen LogP contribution in [-0.4, -0.2) is 36.9 Å². The highest BCUT2D eigenvalue weighted by atomic mass is 16.2. The van der Waals surface area contributed by atoms with Gasteiger partial charge in [0.15, 0.2) is 5.96 Å². The molecule has 1 unspecified atom stereocenters. The molecule has 7 heteroatoms. The van der Waals surface area contributed by atoms with Crippen LogP contribution in [0, 0.1) is 5.41 Å². The zero-order valence-corrected chi connectivity index (χ0v) is 18.1. The van der Waals surface area contributed by atoms with Gasteiger partial charge in [-0.15, -0.1) is 0 Å². The van der Waals surface area contributed by atoms with Crippen LogP contribution < -0.4 is 21.7 Å². The van der Waals surface area contributed by atoms with Crippen LogP contribution in [0.3, 0.4) is 0 Å². The molecule has 0 radical (unpaired) electrons. The van der Waals surface area contributed by atoms with Crippen LogP contribution in [0.15, 0.2) is 0 Å². The van der Waals surface area contributed by atoms with E-state index in [1.54, 1.807) is 0 Å². The van der Waals surface area contributed by atoms with Crippen molar-refractivity contribution >= 4 is 17.8 Å². The molecule has 6 N–H and O–H groups in total. The van der Waals surface area contributed by atoms with Gasteiger partial charge in [0.05, 0.1) is 0 Å². The molecule has 0 fully saturated rings. The van der Waals surface area contributed by atoms with E-state index in [0.717, 1.165) is 25.7 Å². The van der Waals surface area contributed by atoms with E-state index in [1.807, 2.05) is 6.92 Å². The Balaban J connectivity index is 3.96. The van der Waals surface area contributed by atoms with Crippen molar-refractivity contribution < 1.29 is 9.59 Å². The molecule has 28 heavy (non-hydrogen) atoms. The molecule has 0 saturated carbocycles. The maximum Gasteiger partial charge on any atom is 0.242 e. The van der Waals surface area contributed by atoms with Crippen LogP contribution in [0.25, 0.3) is 0 Å². The van der Waals surface area contributed by atoms with Gasteiger partial charge in [-0.25, -0.2) is 0 Å². The second-order valence-corrected chi connectivity index (χ2v) is 7.43. The summed E-state index contributed by atoms with van der Waals surface area (Å²) in [5, 5.41) is 15.5. The first kappa shape index (κ1) is 26.2. The van der Waals surface area contributed by atoms with E-state index in [4.69, 9.17) is 11.1 Å². The first-order valence-electron chi connectivity index (χ1n) is 11.2. The summed E-state index contributed by atoms with van der Waals surface area (Å²) in [5.74, 6) is -0.210. The Kier molecular flexibility index (Phi) is 17.4. The molecule has 164 valence electrons. The third-order valence-corrected chi connectivity index (χ3v) is 4.75. The summed E-state index contributed by atoms with van der Waals surface area (Å²) in [5.41, 5.74) is 5.24. The second kappa shape index (κ2) is 18.6. The number of unbranched alkanes of at least 4 members (excludes halogenated alkanes) is 9. The minimum Gasteiger partial charge on any atom is -0.370 e. The highest BCUT2D eigenvalue weighted by Gasteiger charge is 2.19. The molecule has 0 saturated heterocycles. The summed E-state index contributed by atoms with van der Waals surface area (Å²) < 4.78 is 0. The van der Waals surface area contributed by atoms with Crippen molar-refractivity contribution in [3.05, 3.63) is 0 Å². The van der Waals surface area contributed by atoms with Crippen molar-refractivity contribution in [2.24, 2.45) is 5.73 Å². The Labute approximate surface area is 171 Å². The van der Waals surface area contributed by atoms with Crippen molar-refractivity contribution in [1.29, 1.82) is 5.41 Å². The summed E-state index contributed by atoms with van der Waals surface area (Å²) in [6.07, 6.45) is 13.6. The van der Waals surface area contributed by atoms with Crippen molar-refractivity contribution in [3.63, 3.8) is 0 Å². The predicted molar refractivity (Wildman–Crippen MR) is 116 cm³/mol. The number of likely N-dealkylation sites (N-methyl/N-ethyl adjacent to an activating group) is 1. The number of nitrogens with two attached hydrogens (primary N) is 1. The Morgan fingerprint density at radius 1 is 0.857 bits per heavy atom. The molecule has 0 aromatic rings. The number of hydrogen-bond donors (Lipinski definition) is 5. The van der Waals surface area contributed by atoms with Crippen molar-refractivity contribution in [2.75, 3.05) is 13.1 Å². The predicted octanol–water partition coefficient (Wildman–Crippen LogP) is 3.18. The first-order chi connectivity index (χ1) is 13.5. The molecule has 0 aliphatic rings. The first-order valence-corrected chi connectivity index (χ1v) is 11.2. The highest BCUT2D eigenvalue weighted by molar-refractivity contribution is 5.87. The van der Waals surface area contributed by atoms with Crippen LogP contribution in [0.1, 0.15) is 97.3 Å². The van der Waals surface area contributed by atoms with Gasteiger partial charge in [-0.2, -0.15) is 0 Å². The molecule has 2 amide bonds. The van der Waals surface area contributed by atoms with Crippen molar-refractivity contribution in [3.8, 4) is 0 Å². The minimum absolute atomic E-state index is 0.0407. The van der Waals surface area contributed by atoms with Gasteiger partial charge < -0.3 is 21.7 Å². The maximum atomic E-state index is 12.2. The standard InChI is InChI=1S/C21H43N5O2/c1-3-5-6-7-8-9-10-11-12-16-19(27)26-18(20(28)24-4-2)15-13-14-17-25-21(22)23/h18H,3-17H2,1-2H3,(H,24,28)(H,26,27)(H4,22,23,25). The molecule has 0 aromatic heterocycles. The largest absolute Gasteiger partial charge is 0.370 e. The molecular formula is C21H43N5O2. The summed E-state index contributed by atoms with van der Waals surface area (Å²) in [6, 6.07) is -0.483. The van der Waals surface area contributed by atoms with Gasteiger partial charge in [-0.3, -0.25) is 15.0 Å². The summed E-state index contributed by atoms with van der Waals surface area (Å²) in [7, 11) is 0. The third-order valence-electron chi connectivity index (χ3n) is 4.75. The van der Waals surface area contributed by atoms with Gasteiger partial charge in [0, 0.05) is 19.5 Å². The van der Waals surface area contributed by atoms with E-state index in [0.29, 0.717) is 25.9 Å².